The first kappa shape index (κ1) is 11.1. The summed E-state index contributed by atoms with van der Waals surface area (Å²) < 4.78 is 0. The van der Waals surface area contributed by atoms with E-state index in [2.05, 4.69) is 13.8 Å². The molecule has 1 fully saturated rings. The average Bonchev–Trinajstić information content (AvgIpc) is 2.84. The summed E-state index contributed by atoms with van der Waals surface area (Å²) in [6.07, 6.45) is 6.15. The molecule has 0 spiro atoms. The van der Waals surface area contributed by atoms with Gasteiger partial charge in [-0.3, -0.25) is 0 Å². The second-order valence-corrected chi connectivity index (χ2v) is 5.77. The van der Waals surface area contributed by atoms with Crippen molar-refractivity contribution in [3.8, 4) is 0 Å². The van der Waals surface area contributed by atoms with Crippen molar-refractivity contribution in [2.45, 2.75) is 51.4 Å². The first-order chi connectivity index (χ1) is 7.22. The highest BCUT2D eigenvalue weighted by molar-refractivity contribution is 7.11. The van der Waals surface area contributed by atoms with E-state index >= 15 is 0 Å². The number of aromatic nitrogens is 1. The summed E-state index contributed by atoms with van der Waals surface area (Å²) in [6, 6.07) is 0. The molecule has 1 heterocycles. The molecular weight excluding hydrogens is 204 g/mol. The van der Waals surface area contributed by atoms with Gasteiger partial charge in [-0.2, -0.15) is 0 Å². The molecule has 2 N–H and O–H groups in total. The molecule has 1 aromatic heterocycles. The van der Waals surface area contributed by atoms with Gasteiger partial charge in [0.05, 0.1) is 5.69 Å². The molecule has 0 radical (unpaired) electrons. The normalized spacial score (nSPS) is 19.7. The Labute approximate surface area is 95.9 Å². The standard InChI is InChI=1S/C12H20N2S/c1-3-10-9(2)15-11(14-10)12(8-13)6-4-5-7-12/h3-8,13H2,1-2H3. The van der Waals surface area contributed by atoms with E-state index in [1.54, 1.807) is 0 Å². The van der Waals surface area contributed by atoms with Gasteiger partial charge in [0.15, 0.2) is 0 Å². The fraction of sp³-hybridized carbons (Fsp3) is 0.750. The fourth-order valence-corrected chi connectivity index (χ4v) is 3.80. The monoisotopic (exact) mass is 224 g/mol. The van der Waals surface area contributed by atoms with Gasteiger partial charge in [0.2, 0.25) is 0 Å². The molecule has 0 bridgehead atoms. The van der Waals surface area contributed by atoms with Crippen LogP contribution >= 0.6 is 11.3 Å². The topological polar surface area (TPSA) is 38.9 Å². The number of hydrogen-bond acceptors (Lipinski definition) is 3. The van der Waals surface area contributed by atoms with Gasteiger partial charge in [-0.15, -0.1) is 11.3 Å². The summed E-state index contributed by atoms with van der Waals surface area (Å²) in [5.74, 6) is 0. The zero-order valence-electron chi connectivity index (χ0n) is 9.68. The van der Waals surface area contributed by atoms with E-state index in [0.717, 1.165) is 13.0 Å². The smallest absolute Gasteiger partial charge is 0.101 e. The maximum Gasteiger partial charge on any atom is 0.101 e. The van der Waals surface area contributed by atoms with Gasteiger partial charge in [0.1, 0.15) is 5.01 Å². The van der Waals surface area contributed by atoms with Crippen molar-refractivity contribution in [2.24, 2.45) is 5.73 Å². The number of nitrogens with two attached hydrogens (primary N) is 1. The summed E-state index contributed by atoms with van der Waals surface area (Å²) in [6.45, 7) is 5.12. The molecule has 15 heavy (non-hydrogen) atoms. The SMILES string of the molecule is CCc1nc(C2(CN)CCCC2)sc1C. The van der Waals surface area contributed by atoms with Crippen molar-refractivity contribution in [3.05, 3.63) is 15.6 Å². The van der Waals surface area contributed by atoms with Crippen LogP contribution < -0.4 is 5.73 Å². The van der Waals surface area contributed by atoms with E-state index in [4.69, 9.17) is 10.7 Å². The van der Waals surface area contributed by atoms with Gasteiger partial charge < -0.3 is 5.73 Å². The Hall–Kier alpha value is -0.410. The number of rotatable bonds is 3. The van der Waals surface area contributed by atoms with Crippen LogP contribution in [0.1, 0.15) is 48.2 Å². The molecule has 0 aliphatic heterocycles. The van der Waals surface area contributed by atoms with Gasteiger partial charge in [0, 0.05) is 16.8 Å². The zero-order chi connectivity index (χ0) is 10.9. The Balaban J connectivity index is 2.34. The van der Waals surface area contributed by atoms with Crippen LogP contribution in [0.2, 0.25) is 0 Å². The van der Waals surface area contributed by atoms with Crippen LogP contribution in [0.15, 0.2) is 0 Å². The zero-order valence-corrected chi connectivity index (χ0v) is 10.5. The van der Waals surface area contributed by atoms with Crippen LogP contribution in [-0.4, -0.2) is 11.5 Å². The van der Waals surface area contributed by atoms with E-state index in [0.29, 0.717) is 0 Å². The van der Waals surface area contributed by atoms with E-state index in [-0.39, 0.29) is 5.41 Å². The highest BCUT2D eigenvalue weighted by Gasteiger charge is 2.37. The average molecular weight is 224 g/mol. The molecule has 0 aromatic carbocycles. The molecule has 0 unspecified atom stereocenters. The summed E-state index contributed by atoms with van der Waals surface area (Å²) in [5, 5.41) is 1.30. The summed E-state index contributed by atoms with van der Waals surface area (Å²) >= 11 is 1.87. The van der Waals surface area contributed by atoms with Crippen LogP contribution in [-0.2, 0) is 11.8 Å². The second-order valence-electron chi connectivity index (χ2n) is 4.57. The van der Waals surface area contributed by atoms with Crippen molar-refractivity contribution >= 4 is 11.3 Å². The minimum absolute atomic E-state index is 0.225. The van der Waals surface area contributed by atoms with Crippen LogP contribution in [0.25, 0.3) is 0 Å². The first-order valence-corrected chi connectivity index (χ1v) is 6.70. The van der Waals surface area contributed by atoms with Crippen LogP contribution in [0, 0.1) is 6.92 Å². The Bertz CT molecular complexity index is 337. The quantitative estimate of drug-likeness (QED) is 0.857. The number of nitrogens with zero attached hydrogens (tertiary/aromatic N) is 1. The fourth-order valence-electron chi connectivity index (χ4n) is 2.54. The van der Waals surface area contributed by atoms with E-state index in [9.17, 15) is 0 Å². The van der Waals surface area contributed by atoms with Crippen molar-refractivity contribution in [2.75, 3.05) is 6.54 Å². The molecular formula is C12H20N2S. The predicted molar refractivity (Wildman–Crippen MR) is 65.4 cm³/mol. The second kappa shape index (κ2) is 4.22. The number of hydrogen-bond donors (Lipinski definition) is 1. The van der Waals surface area contributed by atoms with Crippen molar-refractivity contribution in [3.63, 3.8) is 0 Å². The third-order valence-electron chi connectivity index (χ3n) is 3.63. The van der Waals surface area contributed by atoms with Gasteiger partial charge in [-0.05, 0) is 26.2 Å². The molecule has 0 amide bonds. The van der Waals surface area contributed by atoms with Crippen molar-refractivity contribution < 1.29 is 0 Å². The molecule has 0 saturated heterocycles. The lowest BCUT2D eigenvalue weighted by atomic mass is 9.87. The summed E-state index contributed by atoms with van der Waals surface area (Å²) in [7, 11) is 0. The molecule has 1 aromatic rings. The van der Waals surface area contributed by atoms with Gasteiger partial charge >= 0.3 is 0 Å². The van der Waals surface area contributed by atoms with Crippen LogP contribution in [0.3, 0.4) is 0 Å². The lowest BCUT2D eigenvalue weighted by molar-refractivity contribution is 0.449. The molecule has 84 valence electrons. The van der Waals surface area contributed by atoms with Crippen LogP contribution in [0.5, 0.6) is 0 Å². The Morgan fingerprint density at radius 2 is 2.07 bits per heavy atom. The predicted octanol–water partition coefficient (Wildman–Crippen LogP) is 2.78. The van der Waals surface area contributed by atoms with E-state index in [1.807, 2.05) is 11.3 Å². The van der Waals surface area contributed by atoms with Crippen LogP contribution in [0.4, 0.5) is 0 Å². The molecule has 1 saturated carbocycles. The number of thiazole rings is 1. The lowest BCUT2D eigenvalue weighted by Gasteiger charge is -2.24. The van der Waals surface area contributed by atoms with E-state index in [1.165, 1.54) is 41.3 Å². The van der Waals surface area contributed by atoms with Crippen molar-refractivity contribution in [1.29, 1.82) is 0 Å². The summed E-state index contributed by atoms with van der Waals surface area (Å²) in [4.78, 5) is 6.17. The third-order valence-corrected chi connectivity index (χ3v) is 4.89. The largest absolute Gasteiger partial charge is 0.329 e. The molecule has 0 atom stereocenters. The minimum Gasteiger partial charge on any atom is -0.329 e. The molecule has 3 heteroatoms. The lowest BCUT2D eigenvalue weighted by Crippen LogP contribution is -2.31. The molecule has 2 rings (SSSR count). The summed E-state index contributed by atoms with van der Waals surface area (Å²) in [5.41, 5.74) is 7.47. The maximum absolute atomic E-state index is 5.97. The molecule has 2 nitrogen and oxygen atoms in total. The van der Waals surface area contributed by atoms with Gasteiger partial charge in [-0.1, -0.05) is 19.8 Å². The minimum atomic E-state index is 0.225. The third kappa shape index (κ3) is 1.83. The molecule has 1 aliphatic carbocycles. The van der Waals surface area contributed by atoms with Crippen molar-refractivity contribution in [1.82, 2.24) is 4.98 Å². The van der Waals surface area contributed by atoms with E-state index < -0.39 is 0 Å². The molecule has 1 aliphatic rings. The Kier molecular flexibility index (Phi) is 3.12. The highest BCUT2D eigenvalue weighted by atomic mass is 32.1. The highest BCUT2D eigenvalue weighted by Crippen LogP contribution is 2.42. The van der Waals surface area contributed by atoms with Gasteiger partial charge in [0.25, 0.3) is 0 Å². The Morgan fingerprint density at radius 3 is 2.53 bits per heavy atom. The maximum atomic E-state index is 5.97. The first-order valence-electron chi connectivity index (χ1n) is 5.89. The van der Waals surface area contributed by atoms with Gasteiger partial charge in [-0.25, -0.2) is 4.98 Å². The Morgan fingerprint density at radius 1 is 1.40 bits per heavy atom. The number of aryl methyl sites for hydroxylation is 2.